The van der Waals surface area contributed by atoms with Gasteiger partial charge in [0.25, 0.3) is 0 Å². The van der Waals surface area contributed by atoms with Crippen molar-refractivity contribution in [1.82, 2.24) is 9.47 Å². The molecule has 0 saturated carbocycles. The lowest BCUT2D eigenvalue weighted by atomic mass is 9.92. The molecule has 6 heteroatoms. The van der Waals surface area contributed by atoms with E-state index < -0.39 is 0 Å². The van der Waals surface area contributed by atoms with E-state index in [1.54, 1.807) is 17.0 Å². The molecule has 1 aromatic heterocycles. The van der Waals surface area contributed by atoms with Crippen molar-refractivity contribution in [3.63, 3.8) is 0 Å². The Kier molecular flexibility index (Phi) is 5.06. The van der Waals surface area contributed by atoms with Crippen LogP contribution in [0.2, 0.25) is 0 Å². The zero-order valence-corrected chi connectivity index (χ0v) is 16.2. The van der Waals surface area contributed by atoms with E-state index in [0.717, 1.165) is 47.3 Å². The van der Waals surface area contributed by atoms with Gasteiger partial charge in [0.05, 0.1) is 6.42 Å². The summed E-state index contributed by atoms with van der Waals surface area (Å²) in [6, 6.07) is 6.48. The van der Waals surface area contributed by atoms with Crippen LogP contribution in [0.4, 0.5) is 4.39 Å². The molecule has 0 spiro atoms. The van der Waals surface area contributed by atoms with Crippen LogP contribution in [0.1, 0.15) is 52.1 Å². The van der Waals surface area contributed by atoms with E-state index in [1.165, 1.54) is 12.1 Å². The number of hydrogen-bond acceptors (Lipinski definition) is 3. The van der Waals surface area contributed by atoms with Gasteiger partial charge in [-0.1, -0.05) is 12.1 Å². The van der Waals surface area contributed by atoms with Gasteiger partial charge in [-0.3, -0.25) is 9.59 Å². The molecular formula is C22H26FN3O2. The van der Waals surface area contributed by atoms with E-state index >= 15 is 0 Å². The summed E-state index contributed by atoms with van der Waals surface area (Å²) in [5, 5.41) is 0. The molecule has 2 heterocycles. The van der Waals surface area contributed by atoms with Gasteiger partial charge in [0.15, 0.2) is 5.78 Å². The van der Waals surface area contributed by atoms with Gasteiger partial charge < -0.3 is 15.2 Å². The maximum atomic E-state index is 13.2. The van der Waals surface area contributed by atoms with Crippen molar-refractivity contribution in [3.05, 3.63) is 58.2 Å². The Morgan fingerprint density at radius 1 is 1.25 bits per heavy atom. The van der Waals surface area contributed by atoms with Crippen molar-refractivity contribution in [2.45, 2.75) is 51.6 Å². The minimum absolute atomic E-state index is 0.0381. The molecule has 1 aromatic carbocycles. The number of nitrogens with zero attached hydrogens (tertiary/aromatic N) is 2. The molecule has 2 aliphatic rings. The maximum Gasteiger partial charge on any atom is 0.227 e. The Morgan fingerprint density at radius 3 is 2.68 bits per heavy atom. The quantitative estimate of drug-likeness (QED) is 0.882. The lowest BCUT2D eigenvalue weighted by Crippen LogP contribution is -2.33. The summed E-state index contributed by atoms with van der Waals surface area (Å²) < 4.78 is 15.4. The van der Waals surface area contributed by atoms with Crippen molar-refractivity contribution in [3.8, 4) is 0 Å². The molecule has 1 aliphatic heterocycles. The predicted octanol–water partition coefficient (Wildman–Crippen LogP) is 2.61. The van der Waals surface area contributed by atoms with Crippen LogP contribution in [0.3, 0.4) is 0 Å². The third-order valence-corrected chi connectivity index (χ3v) is 6.01. The van der Waals surface area contributed by atoms with Gasteiger partial charge in [0.2, 0.25) is 5.91 Å². The Labute approximate surface area is 164 Å². The topological polar surface area (TPSA) is 68.3 Å². The van der Waals surface area contributed by atoms with Crippen molar-refractivity contribution in [2.75, 3.05) is 13.1 Å². The van der Waals surface area contributed by atoms with Crippen LogP contribution in [0.15, 0.2) is 24.3 Å². The van der Waals surface area contributed by atoms with E-state index in [2.05, 4.69) is 4.57 Å². The van der Waals surface area contributed by atoms with Gasteiger partial charge in [-0.25, -0.2) is 4.39 Å². The minimum atomic E-state index is -0.264. The van der Waals surface area contributed by atoms with Gasteiger partial charge >= 0.3 is 0 Å². The number of ketones is 1. The number of rotatable bonds is 4. The van der Waals surface area contributed by atoms with E-state index in [4.69, 9.17) is 5.73 Å². The van der Waals surface area contributed by atoms with Crippen LogP contribution in [0.25, 0.3) is 0 Å². The van der Waals surface area contributed by atoms with Gasteiger partial charge in [-0.2, -0.15) is 0 Å². The third kappa shape index (κ3) is 3.49. The second kappa shape index (κ2) is 7.51. The fourth-order valence-electron chi connectivity index (χ4n) is 4.47. The van der Waals surface area contributed by atoms with Crippen molar-refractivity contribution >= 4 is 11.7 Å². The lowest BCUT2D eigenvalue weighted by molar-refractivity contribution is -0.129. The average Bonchev–Trinajstić information content (AvgIpc) is 3.21. The van der Waals surface area contributed by atoms with Gasteiger partial charge in [0.1, 0.15) is 5.82 Å². The number of benzene rings is 1. The molecule has 1 aliphatic carbocycles. The largest absolute Gasteiger partial charge is 0.343 e. The standard InChI is InChI=1S/C22H26FN3O2/c1-14-18(11-21(28)25-10-9-17(24)13-25)22-19(3-2-4-20(22)27)26(14)12-15-5-7-16(23)8-6-15/h5-8,17H,2-4,9-13,24H2,1H3/t17-/m1/s1. The highest BCUT2D eigenvalue weighted by Crippen LogP contribution is 2.31. The highest BCUT2D eigenvalue weighted by molar-refractivity contribution is 6.01. The summed E-state index contributed by atoms with van der Waals surface area (Å²) in [5.41, 5.74) is 10.5. The zero-order chi connectivity index (χ0) is 19.8. The zero-order valence-electron chi connectivity index (χ0n) is 16.2. The van der Waals surface area contributed by atoms with Crippen LogP contribution < -0.4 is 5.73 Å². The third-order valence-electron chi connectivity index (χ3n) is 6.01. The van der Waals surface area contributed by atoms with Crippen molar-refractivity contribution < 1.29 is 14.0 Å². The Bertz CT molecular complexity index is 917. The first kappa shape index (κ1) is 18.9. The van der Waals surface area contributed by atoms with Gasteiger partial charge in [0, 0.05) is 49.0 Å². The monoisotopic (exact) mass is 383 g/mol. The molecule has 1 amide bonds. The molecule has 2 N–H and O–H groups in total. The molecule has 0 unspecified atom stereocenters. The molecule has 28 heavy (non-hydrogen) atoms. The number of likely N-dealkylation sites (tertiary alicyclic amines) is 1. The number of hydrogen-bond donors (Lipinski definition) is 1. The van der Waals surface area contributed by atoms with Crippen LogP contribution in [0, 0.1) is 12.7 Å². The molecule has 2 aromatic rings. The summed E-state index contributed by atoms with van der Waals surface area (Å²) in [4.78, 5) is 27.3. The summed E-state index contributed by atoms with van der Waals surface area (Å²) >= 11 is 0. The highest BCUT2D eigenvalue weighted by atomic mass is 19.1. The van der Waals surface area contributed by atoms with E-state index in [0.29, 0.717) is 26.1 Å². The van der Waals surface area contributed by atoms with E-state index in [-0.39, 0.29) is 30.0 Å². The fourth-order valence-corrected chi connectivity index (χ4v) is 4.47. The van der Waals surface area contributed by atoms with Crippen LogP contribution in [0.5, 0.6) is 0 Å². The van der Waals surface area contributed by atoms with Gasteiger partial charge in [-0.05, 0) is 49.4 Å². The second-order valence-electron chi connectivity index (χ2n) is 7.94. The van der Waals surface area contributed by atoms with Gasteiger partial charge in [-0.15, -0.1) is 0 Å². The first-order valence-electron chi connectivity index (χ1n) is 9.96. The summed E-state index contributed by atoms with van der Waals surface area (Å²) in [5.74, 6) is -0.0976. The van der Waals surface area contributed by atoms with E-state index in [9.17, 15) is 14.0 Å². The molecule has 1 saturated heterocycles. The van der Waals surface area contributed by atoms with Crippen LogP contribution >= 0.6 is 0 Å². The maximum absolute atomic E-state index is 13.2. The molecule has 1 atom stereocenters. The molecular weight excluding hydrogens is 357 g/mol. The Morgan fingerprint density at radius 2 is 2.00 bits per heavy atom. The highest BCUT2D eigenvalue weighted by Gasteiger charge is 2.31. The number of aromatic nitrogens is 1. The van der Waals surface area contributed by atoms with Crippen molar-refractivity contribution in [1.29, 1.82) is 0 Å². The Balaban J connectivity index is 1.68. The number of amides is 1. The first-order chi connectivity index (χ1) is 13.4. The molecule has 0 radical (unpaired) electrons. The van der Waals surface area contributed by atoms with Crippen LogP contribution in [-0.4, -0.2) is 40.3 Å². The lowest BCUT2D eigenvalue weighted by Gasteiger charge is -2.17. The number of Topliss-reactive ketones (excluding diaryl/α,β-unsaturated/α-hetero) is 1. The number of carbonyl (C=O) groups is 2. The molecule has 148 valence electrons. The van der Waals surface area contributed by atoms with E-state index in [1.807, 2.05) is 6.92 Å². The summed E-state index contributed by atoms with van der Waals surface area (Å²) in [7, 11) is 0. The summed E-state index contributed by atoms with van der Waals surface area (Å²) in [6.07, 6.45) is 3.25. The average molecular weight is 383 g/mol. The second-order valence-corrected chi connectivity index (χ2v) is 7.94. The predicted molar refractivity (Wildman–Crippen MR) is 105 cm³/mol. The molecule has 1 fully saturated rings. The van der Waals surface area contributed by atoms with Crippen molar-refractivity contribution in [2.24, 2.45) is 5.73 Å². The number of nitrogens with two attached hydrogens (primary N) is 1. The number of carbonyl (C=O) groups excluding carboxylic acids is 2. The SMILES string of the molecule is Cc1c(CC(=O)N2CC[C@@H](N)C2)c2c(n1Cc1ccc(F)cc1)CCCC2=O. The summed E-state index contributed by atoms with van der Waals surface area (Å²) in [6.45, 7) is 3.83. The molecule has 5 nitrogen and oxygen atoms in total. The minimum Gasteiger partial charge on any atom is -0.343 e. The Hall–Kier alpha value is -2.47. The number of halogens is 1. The number of fused-ring (bicyclic) bond motifs is 1. The fraction of sp³-hybridized carbons (Fsp3) is 0.455. The normalized spacial score (nSPS) is 19.2. The first-order valence-corrected chi connectivity index (χ1v) is 9.96. The molecule has 0 bridgehead atoms. The molecule has 4 rings (SSSR count). The smallest absolute Gasteiger partial charge is 0.227 e. The van der Waals surface area contributed by atoms with Crippen LogP contribution in [-0.2, 0) is 24.2 Å².